The second kappa shape index (κ2) is 7.56. The van der Waals surface area contributed by atoms with Gasteiger partial charge in [-0.1, -0.05) is 0 Å². The zero-order valence-corrected chi connectivity index (χ0v) is 16.5. The molecule has 1 atom stereocenters. The van der Waals surface area contributed by atoms with E-state index in [1.54, 1.807) is 25.4 Å². The average molecular weight is 388 g/mol. The van der Waals surface area contributed by atoms with Crippen LogP contribution in [0.3, 0.4) is 0 Å². The van der Waals surface area contributed by atoms with Crippen LogP contribution < -0.4 is 10.2 Å². The fraction of sp³-hybridized carbons (Fsp3) is 0.368. The highest BCUT2D eigenvalue weighted by Gasteiger charge is 2.33. The number of hydrogen-bond donors (Lipinski definition) is 1. The molecule has 144 valence electrons. The molecule has 1 N–H and O–H groups in total. The Balaban J connectivity index is 1.72. The van der Waals surface area contributed by atoms with Crippen LogP contribution in [0.15, 0.2) is 42.6 Å². The maximum atomic E-state index is 12.7. The van der Waals surface area contributed by atoms with E-state index >= 15 is 0 Å². The van der Waals surface area contributed by atoms with Gasteiger partial charge in [0.15, 0.2) is 9.84 Å². The molecule has 2 aromatic rings. The summed E-state index contributed by atoms with van der Waals surface area (Å²) in [5.41, 5.74) is 3.04. The Morgan fingerprint density at radius 2 is 1.81 bits per heavy atom. The summed E-state index contributed by atoms with van der Waals surface area (Å²) in [6, 6.07) is 11.1. The monoisotopic (exact) mass is 388 g/mol. The molecule has 0 spiro atoms. The summed E-state index contributed by atoms with van der Waals surface area (Å²) < 4.78 is 23.3. The predicted molar refractivity (Wildman–Crippen MR) is 107 cm³/mol. The highest BCUT2D eigenvalue weighted by atomic mass is 32.2. The van der Waals surface area contributed by atoms with Crippen molar-refractivity contribution in [2.45, 2.75) is 12.5 Å². The summed E-state index contributed by atoms with van der Waals surface area (Å²) in [7, 11) is 2.55. The summed E-state index contributed by atoms with van der Waals surface area (Å²) in [4.78, 5) is 20.4. The van der Waals surface area contributed by atoms with Crippen molar-refractivity contribution in [3.05, 3.63) is 48.3 Å². The number of benzene rings is 1. The van der Waals surface area contributed by atoms with E-state index in [1.807, 2.05) is 43.3 Å². The van der Waals surface area contributed by atoms with Crippen molar-refractivity contribution in [1.29, 1.82) is 0 Å². The maximum Gasteiger partial charge on any atom is 0.272 e. The number of amides is 1. The van der Waals surface area contributed by atoms with E-state index in [9.17, 15) is 13.2 Å². The van der Waals surface area contributed by atoms with Gasteiger partial charge in [-0.3, -0.25) is 9.78 Å². The van der Waals surface area contributed by atoms with Crippen LogP contribution in [-0.2, 0) is 9.84 Å². The quantitative estimate of drug-likeness (QED) is 0.845. The minimum absolute atomic E-state index is 0.0193. The summed E-state index contributed by atoms with van der Waals surface area (Å²) in [6.07, 6.45) is 2.05. The maximum absolute atomic E-state index is 12.7. The molecule has 1 aliphatic heterocycles. The summed E-state index contributed by atoms with van der Waals surface area (Å²) in [5, 5.41) is 3.26. The van der Waals surface area contributed by atoms with Crippen LogP contribution in [0.2, 0.25) is 0 Å². The molecule has 0 bridgehead atoms. The molecule has 7 nitrogen and oxygen atoms in total. The van der Waals surface area contributed by atoms with Gasteiger partial charge in [0, 0.05) is 50.4 Å². The topological polar surface area (TPSA) is 82.6 Å². The van der Waals surface area contributed by atoms with Crippen molar-refractivity contribution in [2.75, 3.05) is 42.9 Å². The highest BCUT2D eigenvalue weighted by Crippen LogP contribution is 2.22. The standard InChI is InChI=1S/C19H24N4O3S/c1-22(2)16-6-4-14(5-7-16)21-15-8-10-20-18(12-15)19(24)23(3)17-9-11-27(25,26)13-17/h4-8,10,12,17H,9,11,13H2,1-3H3,(H,20,21). The second-order valence-corrected chi connectivity index (χ2v) is 9.20. The lowest BCUT2D eigenvalue weighted by Gasteiger charge is -2.23. The average Bonchev–Trinajstić information content (AvgIpc) is 3.01. The minimum Gasteiger partial charge on any atom is -0.378 e. The van der Waals surface area contributed by atoms with E-state index in [-0.39, 0.29) is 29.1 Å². The number of aromatic nitrogens is 1. The van der Waals surface area contributed by atoms with E-state index in [1.165, 1.54) is 4.90 Å². The molecule has 0 aliphatic carbocycles. The Morgan fingerprint density at radius 1 is 1.11 bits per heavy atom. The van der Waals surface area contributed by atoms with E-state index in [4.69, 9.17) is 0 Å². The SMILES string of the molecule is CN(C)c1ccc(Nc2ccnc(C(=O)N(C)C3CCS(=O)(=O)C3)c2)cc1. The molecule has 1 fully saturated rings. The number of carbonyl (C=O) groups is 1. The highest BCUT2D eigenvalue weighted by molar-refractivity contribution is 7.91. The normalized spacial score (nSPS) is 18.1. The smallest absolute Gasteiger partial charge is 0.272 e. The Bertz CT molecular complexity index is 926. The van der Waals surface area contributed by atoms with Crippen molar-refractivity contribution >= 4 is 32.8 Å². The van der Waals surface area contributed by atoms with Crippen LogP contribution >= 0.6 is 0 Å². The van der Waals surface area contributed by atoms with Gasteiger partial charge in [-0.25, -0.2) is 8.42 Å². The molecule has 1 saturated heterocycles. The van der Waals surface area contributed by atoms with Crippen LogP contribution in [0.5, 0.6) is 0 Å². The minimum atomic E-state index is -3.04. The molecule has 27 heavy (non-hydrogen) atoms. The number of anilines is 3. The third-order valence-electron chi connectivity index (χ3n) is 4.73. The number of sulfone groups is 1. The number of nitrogens with one attached hydrogen (secondary N) is 1. The van der Waals surface area contributed by atoms with Crippen molar-refractivity contribution in [3.8, 4) is 0 Å². The first-order chi connectivity index (χ1) is 12.7. The van der Waals surface area contributed by atoms with Gasteiger partial charge in [0.05, 0.1) is 11.5 Å². The van der Waals surface area contributed by atoms with Gasteiger partial charge in [0.1, 0.15) is 5.69 Å². The first-order valence-corrected chi connectivity index (χ1v) is 10.6. The Kier molecular flexibility index (Phi) is 5.36. The zero-order chi connectivity index (χ0) is 19.6. The van der Waals surface area contributed by atoms with Crippen molar-refractivity contribution in [1.82, 2.24) is 9.88 Å². The number of carbonyl (C=O) groups excluding carboxylic acids is 1. The van der Waals surface area contributed by atoms with Crippen LogP contribution in [0, 0.1) is 0 Å². The van der Waals surface area contributed by atoms with Gasteiger partial charge in [0.25, 0.3) is 5.91 Å². The van der Waals surface area contributed by atoms with Gasteiger partial charge < -0.3 is 15.1 Å². The van der Waals surface area contributed by atoms with Crippen LogP contribution in [0.1, 0.15) is 16.9 Å². The summed E-state index contributed by atoms with van der Waals surface area (Å²) in [6.45, 7) is 0. The molecule has 1 aromatic heterocycles. The van der Waals surface area contributed by atoms with Crippen LogP contribution in [0.4, 0.5) is 17.1 Å². The van der Waals surface area contributed by atoms with Gasteiger partial charge in [-0.2, -0.15) is 0 Å². The molecule has 0 radical (unpaired) electrons. The van der Waals surface area contributed by atoms with E-state index in [0.717, 1.165) is 17.1 Å². The molecule has 1 amide bonds. The second-order valence-electron chi connectivity index (χ2n) is 6.97. The Morgan fingerprint density at radius 3 is 2.41 bits per heavy atom. The van der Waals surface area contributed by atoms with Crippen LogP contribution in [-0.4, -0.2) is 62.9 Å². The predicted octanol–water partition coefficient (Wildman–Crippen LogP) is 2.15. The van der Waals surface area contributed by atoms with Gasteiger partial charge >= 0.3 is 0 Å². The van der Waals surface area contributed by atoms with E-state index in [2.05, 4.69) is 10.3 Å². The molecule has 1 aromatic carbocycles. The van der Waals surface area contributed by atoms with E-state index < -0.39 is 9.84 Å². The van der Waals surface area contributed by atoms with E-state index in [0.29, 0.717) is 6.42 Å². The lowest BCUT2D eigenvalue weighted by molar-refractivity contribution is 0.0742. The number of hydrogen-bond acceptors (Lipinski definition) is 6. The van der Waals surface area contributed by atoms with Crippen LogP contribution in [0.25, 0.3) is 0 Å². The lowest BCUT2D eigenvalue weighted by Crippen LogP contribution is -2.38. The first kappa shape index (κ1) is 19.2. The van der Waals surface area contributed by atoms with Crippen molar-refractivity contribution in [3.63, 3.8) is 0 Å². The molecule has 1 aliphatic rings. The van der Waals surface area contributed by atoms with Crippen molar-refractivity contribution < 1.29 is 13.2 Å². The molecular formula is C19H24N4O3S. The Hall–Kier alpha value is -2.61. The molecule has 0 saturated carbocycles. The fourth-order valence-corrected chi connectivity index (χ4v) is 4.84. The zero-order valence-electron chi connectivity index (χ0n) is 15.7. The number of nitrogens with zero attached hydrogens (tertiary/aromatic N) is 3. The first-order valence-electron chi connectivity index (χ1n) is 8.73. The fourth-order valence-electron chi connectivity index (χ4n) is 3.06. The third kappa shape index (κ3) is 4.57. The van der Waals surface area contributed by atoms with Gasteiger partial charge in [-0.15, -0.1) is 0 Å². The number of rotatable bonds is 5. The molecule has 2 heterocycles. The summed E-state index contributed by atoms with van der Waals surface area (Å²) in [5.74, 6) is -0.123. The lowest BCUT2D eigenvalue weighted by atomic mass is 10.2. The third-order valence-corrected chi connectivity index (χ3v) is 6.48. The van der Waals surface area contributed by atoms with Gasteiger partial charge in [-0.05, 0) is 42.8 Å². The van der Waals surface area contributed by atoms with Crippen molar-refractivity contribution in [2.24, 2.45) is 0 Å². The largest absolute Gasteiger partial charge is 0.378 e. The molecule has 3 rings (SSSR count). The Labute approximate surface area is 159 Å². The molecular weight excluding hydrogens is 364 g/mol. The summed E-state index contributed by atoms with van der Waals surface area (Å²) >= 11 is 0. The molecule has 8 heteroatoms. The van der Waals surface area contributed by atoms with Gasteiger partial charge in [0.2, 0.25) is 0 Å². The number of pyridine rings is 1. The molecule has 1 unspecified atom stereocenters.